The number of hydrogen-bond acceptors (Lipinski definition) is 6. The molecule has 0 spiro atoms. The van der Waals surface area contributed by atoms with Gasteiger partial charge in [-0.2, -0.15) is 0 Å². The van der Waals surface area contributed by atoms with E-state index in [1.165, 1.54) is 65.0 Å². The van der Waals surface area contributed by atoms with Crippen molar-refractivity contribution >= 4 is 136 Å². The van der Waals surface area contributed by atoms with Gasteiger partial charge in [-0.15, -0.1) is 0 Å². The van der Waals surface area contributed by atoms with Crippen LogP contribution in [0.1, 0.15) is 0 Å². The molecule has 9 aromatic heterocycles. The summed E-state index contributed by atoms with van der Waals surface area (Å²) in [5.74, 6) is 0.926. The highest BCUT2D eigenvalue weighted by atomic mass is 15.1. The second-order valence-electron chi connectivity index (χ2n) is 36.3. The van der Waals surface area contributed by atoms with Crippen molar-refractivity contribution in [2.75, 3.05) is 0 Å². The molecular weight excluding hydrogens is 1730 g/mol. The Bertz CT molecular complexity index is 10000. The van der Waals surface area contributed by atoms with Gasteiger partial charge in [-0.3, -0.25) is 22.8 Å². The Hall–Kier alpha value is -19.2. The van der Waals surface area contributed by atoms with Crippen molar-refractivity contribution in [3.8, 4) is 129 Å². The molecule has 0 atom stereocenters. The summed E-state index contributed by atoms with van der Waals surface area (Å²) < 4.78 is 9.33. The molecule has 0 radical (unpaired) electrons. The molecule has 0 aliphatic rings. The SMILES string of the molecule is c1ccc(-c2nc3c4cc(-c5ccc(-c6nc7ccccc7n6-c6ccccc6)cc5)ccc4c4ccccc4n3c2-c2ccccc2)cc1.c1ccc(-c2nc3c4cc(-c5cccc(-c6ccc7ccc8cccnc8c7n6)c5)ccc4c4ccccc4n3c2-c2ccccc2)cc1.c1ccc(-c2nc3c4ccccc4c4cc(-c5cc6ccccc6c6ccccc56)ccc4n3c2-c2ccccc2)cc1. The number of rotatable bonds is 12. The van der Waals surface area contributed by atoms with Gasteiger partial charge in [0, 0.05) is 99.5 Å². The lowest BCUT2D eigenvalue weighted by atomic mass is 9.92. The van der Waals surface area contributed by atoms with E-state index < -0.39 is 0 Å². The van der Waals surface area contributed by atoms with Gasteiger partial charge in [-0.05, 0) is 156 Å². The molecular formula is C132H84N10. The van der Waals surface area contributed by atoms with Crippen LogP contribution in [-0.4, -0.2) is 47.7 Å². The number of hydrogen-bond donors (Lipinski definition) is 0. The van der Waals surface area contributed by atoms with Crippen LogP contribution < -0.4 is 0 Å². The zero-order valence-corrected chi connectivity index (χ0v) is 77.0. The second-order valence-corrected chi connectivity index (χ2v) is 36.3. The lowest BCUT2D eigenvalue weighted by molar-refractivity contribution is 1.10. The van der Waals surface area contributed by atoms with Gasteiger partial charge in [0.25, 0.3) is 0 Å². The molecule has 0 saturated carbocycles. The standard InChI is InChI=1S/C46H30N4.C45H28N4.C41H26N2/c1-4-14-32(15-5-1)43-44(33-16-6-2-7-17-33)50-41-22-12-10-20-38(41)37-29-28-35(30-39(37)46(50)48-43)31-24-26-34(27-25-31)45-47-40-21-11-13-23-42(40)49(45)36-18-8-3-9-19-36;1-3-11-29(12-4-1)43-44(32-13-5-2-6-14-32)49-40-19-8-7-18-37(40)36-24-22-34(28-38(36)45(49)48-43)33-15-9-16-35(27-33)39-25-23-31-21-20-30-17-10-26-46-41(30)42(31)47-39;1-3-13-27(14-4-1)39-40(28-15-5-2-6-16-28)43-38-24-23-30(26-37(38)34-21-11-12-22-35(34)41(43)42-39)36-25-29-17-7-8-18-31(29)32-19-9-10-20-33(32)36/h1-30H;1-28H;1-26H. The van der Waals surface area contributed by atoms with E-state index in [2.05, 4.69) is 508 Å². The zero-order chi connectivity index (χ0) is 93.7. The fraction of sp³-hybridized carbons (Fsp3) is 0. The van der Waals surface area contributed by atoms with Crippen LogP contribution in [-0.2, 0) is 0 Å². The minimum Gasteiger partial charge on any atom is -0.292 e. The van der Waals surface area contributed by atoms with Gasteiger partial charge in [-0.25, -0.2) is 24.9 Å². The summed E-state index contributed by atoms with van der Waals surface area (Å²) in [6.07, 6.45) is 1.84. The van der Waals surface area contributed by atoms with E-state index in [1.807, 2.05) is 24.4 Å². The van der Waals surface area contributed by atoms with E-state index in [-0.39, 0.29) is 0 Å². The molecule has 9 heterocycles. The van der Waals surface area contributed by atoms with Gasteiger partial charge in [0.05, 0.1) is 78.5 Å². The first-order chi connectivity index (χ1) is 70.5. The zero-order valence-electron chi connectivity index (χ0n) is 77.0. The van der Waals surface area contributed by atoms with Crippen molar-refractivity contribution in [2.45, 2.75) is 0 Å². The third kappa shape index (κ3) is 14.1. The van der Waals surface area contributed by atoms with Gasteiger partial charge in [0.1, 0.15) is 22.8 Å². The number of aromatic nitrogens is 10. The molecule has 0 bridgehead atoms. The molecule has 0 amide bonds. The highest BCUT2D eigenvalue weighted by molar-refractivity contribution is 6.20. The summed E-state index contributed by atoms with van der Waals surface area (Å²) >= 11 is 0. The van der Waals surface area contributed by atoms with Crippen molar-refractivity contribution in [2.24, 2.45) is 0 Å². The van der Waals surface area contributed by atoms with Crippen molar-refractivity contribution in [1.82, 2.24) is 47.7 Å². The Morgan fingerprint density at radius 3 is 1.11 bits per heavy atom. The molecule has 10 heteroatoms. The van der Waals surface area contributed by atoms with Crippen molar-refractivity contribution < 1.29 is 0 Å². The predicted molar refractivity (Wildman–Crippen MR) is 591 cm³/mol. The van der Waals surface area contributed by atoms with Gasteiger partial charge < -0.3 is 0 Å². The Morgan fingerprint density at radius 1 is 0.176 bits per heavy atom. The Kier molecular flexibility index (Phi) is 20.0. The maximum absolute atomic E-state index is 5.44. The number of benzene rings is 20. The van der Waals surface area contributed by atoms with Crippen molar-refractivity contribution in [3.63, 3.8) is 0 Å². The molecule has 0 aliphatic carbocycles. The highest BCUT2D eigenvalue weighted by Crippen LogP contribution is 2.47. The molecule has 0 saturated heterocycles. The van der Waals surface area contributed by atoms with Gasteiger partial charge >= 0.3 is 0 Å². The molecule has 142 heavy (non-hydrogen) atoms. The third-order valence-electron chi connectivity index (χ3n) is 28.1. The summed E-state index contributed by atoms with van der Waals surface area (Å²) in [6.45, 7) is 0. The van der Waals surface area contributed by atoms with Crippen molar-refractivity contribution in [1.29, 1.82) is 0 Å². The summed E-state index contributed by atoms with van der Waals surface area (Å²) in [5.41, 5.74) is 34.3. The van der Waals surface area contributed by atoms with Crippen LogP contribution in [0.15, 0.2) is 510 Å². The Morgan fingerprint density at radius 2 is 0.549 bits per heavy atom. The topological polar surface area (TPSA) is 95.5 Å². The average Bonchev–Trinajstić information content (AvgIpc) is 1.56. The van der Waals surface area contributed by atoms with Gasteiger partial charge in [-0.1, -0.05) is 419 Å². The summed E-state index contributed by atoms with van der Waals surface area (Å²) in [4.78, 5) is 31.1. The van der Waals surface area contributed by atoms with Crippen LogP contribution in [0.25, 0.3) is 266 Å². The predicted octanol–water partition coefficient (Wildman–Crippen LogP) is 34.0. The van der Waals surface area contributed by atoms with E-state index in [0.717, 1.165) is 201 Å². The van der Waals surface area contributed by atoms with E-state index in [9.17, 15) is 0 Å². The van der Waals surface area contributed by atoms with Crippen LogP contribution in [0, 0.1) is 0 Å². The van der Waals surface area contributed by atoms with Gasteiger partial charge in [0.15, 0.2) is 0 Å². The van der Waals surface area contributed by atoms with E-state index in [0.29, 0.717) is 0 Å². The maximum Gasteiger partial charge on any atom is 0.146 e. The smallest absolute Gasteiger partial charge is 0.146 e. The summed E-state index contributed by atoms with van der Waals surface area (Å²) in [6, 6.07) is 179. The minimum atomic E-state index is 0.920. The van der Waals surface area contributed by atoms with Crippen LogP contribution in [0.3, 0.4) is 0 Å². The molecule has 0 fully saturated rings. The normalized spacial score (nSPS) is 11.7. The number of imidazole rings is 4. The number of fused-ring (bicyclic) bond motifs is 25. The largest absolute Gasteiger partial charge is 0.292 e. The first-order valence-electron chi connectivity index (χ1n) is 48.2. The monoisotopic (exact) mass is 1810 g/mol. The first kappa shape index (κ1) is 82.3. The molecule has 29 aromatic rings. The summed E-state index contributed by atoms with van der Waals surface area (Å²) in [5, 5.41) is 17.8. The number of para-hydroxylation sites is 5. The summed E-state index contributed by atoms with van der Waals surface area (Å²) in [7, 11) is 0. The molecule has 0 N–H and O–H groups in total. The van der Waals surface area contributed by atoms with Crippen molar-refractivity contribution in [3.05, 3.63) is 510 Å². The lowest BCUT2D eigenvalue weighted by Gasteiger charge is -2.15. The van der Waals surface area contributed by atoms with Crippen LogP contribution in [0.4, 0.5) is 0 Å². The number of nitrogens with zero attached hydrogens (tertiary/aromatic N) is 10. The van der Waals surface area contributed by atoms with Crippen LogP contribution in [0.5, 0.6) is 0 Å². The molecule has 0 aliphatic heterocycles. The van der Waals surface area contributed by atoms with E-state index >= 15 is 0 Å². The van der Waals surface area contributed by atoms with E-state index in [4.69, 9.17) is 24.9 Å². The molecule has 20 aromatic carbocycles. The average molecular weight is 1810 g/mol. The lowest BCUT2D eigenvalue weighted by Crippen LogP contribution is -1.97. The minimum absolute atomic E-state index is 0.920. The molecule has 662 valence electrons. The maximum atomic E-state index is 5.44. The third-order valence-corrected chi connectivity index (χ3v) is 28.1. The highest BCUT2D eigenvalue weighted by Gasteiger charge is 2.27. The quantitative estimate of drug-likeness (QED) is 0.113. The fourth-order valence-electron chi connectivity index (χ4n) is 21.5. The first-order valence-corrected chi connectivity index (χ1v) is 48.2. The Balaban J connectivity index is 0.000000107. The molecule has 10 nitrogen and oxygen atoms in total. The molecule has 29 rings (SSSR count). The Labute approximate surface area is 817 Å². The molecule has 0 unspecified atom stereocenters. The van der Waals surface area contributed by atoms with Gasteiger partial charge in [0.2, 0.25) is 0 Å². The van der Waals surface area contributed by atoms with Crippen LogP contribution >= 0.6 is 0 Å². The van der Waals surface area contributed by atoms with Crippen LogP contribution in [0.2, 0.25) is 0 Å². The fourth-order valence-corrected chi connectivity index (χ4v) is 21.5. The number of pyridine rings is 5. The second kappa shape index (κ2) is 34.6. The van der Waals surface area contributed by atoms with E-state index in [1.54, 1.807) is 0 Å².